The molecule has 5 nitrogen and oxygen atoms in total. The molecule has 0 aliphatic rings. The number of hydrogen-bond donors (Lipinski definition) is 1. The number of methoxy groups -OCH3 is 1. The van der Waals surface area contributed by atoms with Gasteiger partial charge in [0, 0.05) is 23.5 Å². The third-order valence-corrected chi connectivity index (χ3v) is 3.63. The largest absolute Gasteiger partial charge is 0.497 e. The van der Waals surface area contributed by atoms with E-state index < -0.39 is 12.0 Å². The van der Waals surface area contributed by atoms with Gasteiger partial charge in [0.05, 0.1) is 7.11 Å². The van der Waals surface area contributed by atoms with Crippen molar-refractivity contribution in [1.82, 2.24) is 4.90 Å². The molecular formula is C14H18BrNO4. The molecule has 1 amide bonds. The Labute approximate surface area is 126 Å². The Morgan fingerprint density at radius 3 is 2.55 bits per heavy atom. The van der Waals surface area contributed by atoms with Gasteiger partial charge in [0.25, 0.3) is 0 Å². The van der Waals surface area contributed by atoms with Crippen LogP contribution >= 0.6 is 15.9 Å². The van der Waals surface area contributed by atoms with Crippen LogP contribution in [0.4, 0.5) is 0 Å². The van der Waals surface area contributed by atoms with Crippen molar-refractivity contribution >= 4 is 27.8 Å². The Balaban J connectivity index is 3.32. The number of carbonyl (C=O) groups is 2. The summed E-state index contributed by atoms with van der Waals surface area (Å²) in [6.07, 6.45) is 0.685. The minimum Gasteiger partial charge on any atom is -0.497 e. The van der Waals surface area contributed by atoms with Crippen LogP contribution in [0.2, 0.25) is 0 Å². The second-order valence-corrected chi connectivity index (χ2v) is 5.19. The molecule has 0 fully saturated rings. The van der Waals surface area contributed by atoms with E-state index in [9.17, 15) is 14.7 Å². The lowest BCUT2D eigenvalue weighted by Crippen LogP contribution is -2.38. The second kappa shape index (κ2) is 7.28. The van der Waals surface area contributed by atoms with Gasteiger partial charge < -0.3 is 14.7 Å². The highest BCUT2D eigenvalue weighted by molar-refractivity contribution is 9.10. The predicted octanol–water partition coefficient (Wildman–Crippen LogP) is 2.84. The van der Waals surface area contributed by atoms with Crippen LogP contribution in [0.3, 0.4) is 0 Å². The first kappa shape index (κ1) is 16.5. The maximum atomic E-state index is 11.7. The SMILES string of the molecule is CCCN(C(C)=O)C(C(=O)O)c1cc(OC)ccc1Br. The molecule has 1 rings (SSSR count). The van der Waals surface area contributed by atoms with Gasteiger partial charge in [-0.15, -0.1) is 0 Å². The van der Waals surface area contributed by atoms with E-state index in [0.717, 1.165) is 0 Å². The van der Waals surface area contributed by atoms with Crippen LogP contribution in [0.15, 0.2) is 22.7 Å². The Kier molecular flexibility index (Phi) is 6.01. The van der Waals surface area contributed by atoms with Crippen molar-refractivity contribution < 1.29 is 19.4 Å². The van der Waals surface area contributed by atoms with Crippen molar-refractivity contribution in [2.45, 2.75) is 26.3 Å². The van der Waals surface area contributed by atoms with E-state index in [1.807, 2.05) is 6.92 Å². The Morgan fingerprint density at radius 1 is 1.45 bits per heavy atom. The first-order valence-electron chi connectivity index (χ1n) is 6.25. The zero-order valence-electron chi connectivity index (χ0n) is 11.7. The van der Waals surface area contributed by atoms with Gasteiger partial charge in [-0.3, -0.25) is 4.79 Å². The summed E-state index contributed by atoms with van der Waals surface area (Å²) in [5, 5.41) is 9.51. The van der Waals surface area contributed by atoms with Gasteiger partial charge in [-0.25, -0.2) is 4.79 Å². The summed E-state index contributed by atoms with van der Waals surface area (Å²) >= 11 is 3.34. The van der Waals surface area contributed by atoms with Crippen molar-refractivity contribution in [3.05, 3.63) is 28.2 Å². The van der Waals surface area contributed by atoms with Crippen molar-refractivity contribution in [3.63, 3.8) is 0 Å². The van der Waals surface area contributed by atoms with Gasteiger partial charge in [-0.2, -0.15) is 0 Å². The number of halogens is 1. The van der Waals surface area contributed by atoms with Crippen LogP contribution in [0, 0.1) is 0 Å². The molecule has 110 valence electrons. The summed E-state index contributed by atoms with van der Waals surface area (Å²) < 4.78 is 5.76. The smallest absolute Gasteiger partial charge is 0.331 e. The van der Waals surface area contributed by atoms with Crippen molar-refractivity contribution in [2.24, 2.45) is 0 Å². The van der Waals surface area contributed by atoms with E-state index in [-0.39, 0.29) is 5.91 Å². The van der Waals surface area contributed by atoms with Gasteiger partial charge in [0.1, 0.15) is 5.75 Å². The summed E-state index contributed by atoms with van der Waals surface area (Å²) in [5.74, 6) is -0.786. The van der Waals surface area contributed by atoms with E-state index in [1.165, 1.54) is 18.9 Å². The lowest BCUT2D eigenvalue weighted by atomic mass is 10.0. The monoisotopic (exact) mass is 343 g/mol. The Hall–Kier alpha value is -1.56. The number of benzene rings is 1. The molecule has 0 aliphatic carbocycles. The lowest BCUT2D eigenvalue weighted by molar-refractivity contribution is -0.149. The molecule has 20 heavy (non-hydrogen) atoms. The number of carboxylic acids is 1. The topological polar surface area (TPSA) is 66.8 Å². The Morgan fingerprint density at radius 2 is 2.10 bits per heavy atom. The minimum atomic E-state index is -1.07. The standard InChI is InChI=1S/C14H18BrNO4/c1-4-7-16(9(2)17)13(14(18)19)11-8-10(20-3)5-6-12(11)15/h5-6,8,13H,4,7H2,1-3H3,(H,18,19). The normalized spacial score (nSPS) is 11.8. The first-order chi connectivity index (χ1) is 9.42. The van der Waals surface area contributed by atoms with Crippen LogP contribution in [0.1, 0.15) is 31.9 Å². The molecule has 1 N–H and O–H groups in total. The van der Waals surface area contributed by atoms with Crippen LogP contribution in [-0.4, -0.2) is 35.5 Å². The number of hydrogen-bond acceptors (Lipinski definition) is 3. The number of nitrogens with zero attached hydrogens (tertiary/aromatic N) is 1. The summed E-state index contributed by atoms with van der Waals surface area (Å²) in [7, 11) is 1.51. The Bertz CT molecular complexity index is 504. The molecule has 1 unspecified atom stereocenters. The molecule has 0 saturated heterocycles. The summed E-state index contributed by atoms with van der Waals surface area (Å²) in [4.78, 5) is 24.7. The van der Waals surface area contributed by atoms with E-state index in [2.05, 4.69) is 15.9 Å². The fourth-order valence-corrected chi connectivity index (χ4v) is 2.47. The second-order valence-electron chi connectivity index (χ2n) is 4.34. The molecule has 0 saturated carbocycles. The van der Waals surface area contributed by atoms with E-state index in [1.54, 1.807) is 18.2 Å². The zero-order valence-corrected chi connectivity index (χ0v) is 13.3. The zero-order chi connectivity index (χ0) is 15.3. The maximum absolute atomic E-state index is 11.7. The highest BCUT2D eigenvalue weighted by atomic mass is 79.9. The van der Waals surface area contributed by atoms with Gasteiger partial charge in [-0.1, -0.05) is 22.9 Å². The van der Waals surface area contributed by atoms with Crippen LogP contribution in [-0.2, 0) is 9.59 Å². The predicted molar refractivity (Wildman–Crippen MR) is 78.7 cm³/mol. The van der Waals surface area contributed by atoms with Crippen molar-refractivity contribution in [1.29, 1.82) is 0 Å². The average molecular weight is 344 g/mol. The molecule has 0 spiro atoms. The van der Waals surface area contributed by atoms with Crippen LogP contribution in [0.25, 0.3) is 0 Å². The number of amides is 1. The quantitative estimate of drug-likeness (QED) is 0.862. The molecule has 1 atom stereocenters. The van der Waals surface area contributed by atoms with Gasteiger partial charge in [-0.05, 0) is 24.6 Å². The minimum absolute atomic E-state index is 0.269. The molecule has 1 aromatic rings. The van der Waals surface area contributed by atoms with E-state index >= 15 is 0 Å². The average Bonchev–Trinajstić information content (AvgIpc) is 2.39. The first-order valence-corrected chi connectivity index (χ1v) is 7.05. The fraction of sp³-hybridized carbons (Fsp3) is 0.429. The third kappa shape index (κ3) is 3.72. The fourth-order valence-electron chi connectivity index (χ4n) is 2.00. The van der Waals surface area contributed by atoms with E-state index in [4.69, 9.17) is 4.74 Å². The summed E-state index contributed by atoms with van der Waals surface area (Å²) in [6.45, 7) is 3.66. The van der Waals surface area contributed by atoms with Crippen molar-refractivity contribution in [2.75, 3.05) is 13.7 Å². The number of aliphatic carboxylic acids is 1. The molecule has 0 heterocycles. The molecule has 0 aromatic heterocycles. The molecule has 0 radical (unpaired) electrons. The molecule has 0 bridgehead atoms. The number of carbonyl (C=O) groups excluding carboxylic acids is 1. The summed E-state index contributed by atoms with van der Waals surface area (Å²) in [5.41, 5.74) is 0.500. The highest BCUT2D eigenvalue weighted by Gasteiger charge is 2.30. The summed E-state index contributed by atoms with van der Waals surface area (Å²) in [6, 6.07) is 4.05. The van der Waals surface area contributed by atoms with Crippen LogP contribution < -0.4 is 4.74 Å². The van der Waals surface area contributed by atoms with Gasteiger partial charge >= 0.3 is 5.97 Å². The van der Waals surface area contributed by atoms with Gasteiger partial charge in [0.2, 0.25) is 5.91 Å². The van der Waals surface area contributed by atoms with Crippen LogP contribution in [0.5, 0.6) is 5.75 Å². The van der Waals surface area contributed by atoms with E-state index in [0.29, 0.717) is 28.8 Å². The van der Waals surface area contributed by atoms with Crippen molar-refractivity contribution in [3.8, 4) is 5.75 Å². The van der Waals surface area contributed by atoms with Gasteiger partial charge in [0.15, 0.2) is 6.04 Å². The highest BCUT2D eigenvalue weighted by Crippen LogP contribution is 2.31. The molecule has 6 heteroatoms. The molecule has 0 aliphatic heterocycles. The maximum Gasteiger partial charge on any atom is 0.331 e. The number of rotatable bonds is 6. The number of carboxylic acid groups (broad SMARTS) is 1. The molecular weight excluding hydrogens is 326 g/mol. The lowest BCUT2D eigenvalue weighted by Gasteiger charge is -2.28. The third-order valence-electron chi connectivity index (χ3n) is 2.91. The number of ether oxygens (including phenoxy) is 1. The molecule has 1 aromatic carbocycles.